The van der Waals surface area contributed by atoms with Gasteiger partial charge in [0.2, 0.25) is 0 Å². The summed E-state index contributed by atoms with van der Waals surface area (Å²) < 4.78 is 33.2. The Morgan fingerprint density at radius 3 is 2.45 bits per heavy atom. The van der Waals surface area contributed by atoms with Gasteiger partial charge in [0.15, 0.2) is 0 Å². The van der Waals surface area contributed by atoms with Crippen LogP contribution in [0, 0.1) is 17.0 Å². The summed E-state index contributed by atoms with van der Waals surface area (Å²) in [5.41, 5.74) is 0.115. The van der Waals surface area contributed by atoms with Crippen molar-refractivity contribution >= 4 is 0 Å². The van der Waals surface area contributed by atoms with E-state index in [9.17, 15) is 8.78 Å². The molecule has 1 N–H and O–H groups in total. The lowest BCUT2D eigenvalue weighted by atomic mass is 9.75. The molecule has 112 valence electrons. The summed E-state index contributed by atoms with van der Waals surface area (Å²) in [6.45, 7) is 5.17. The minimum atomic E-state index is -0.439. The van der Waals surface area contributed by atoms with Gasteiger partial charge in [-0.3, -0.25) is 0 Å². The highest BCUT2D eigenvalue weighted by Crippen LogP contribution is 2.35. The first-order chi connectivity index (χ1) is 9.67. The zero-order valence-electron chi connectivity index (χ0n) is 12.1. The molecule has 0 aromatic heterocycles. The van der Waals surface area contributed by atoms with E-state index in [-0.39, 0.29) is 11.0 Å². The second-order valence-corrected chi connectivity index (χ2v) is 5.67. The third-order valence-electron chi connectivity index (χ3n) is 4.09. The van der Waals surface area contributed by atoms with Gasteiger partial charge in [-0.1, -0.05) is 13.0 Å². The topological polar surface area (TPSA) is 21.3 Å². The predicted octanol–water partition coefficient (Wildman–Crippen LogP) is 3.30. The first kappa shape index (κ1) is 15.4. The van der Waals surface area contributed by atoms with Crippen molar-refractivity contribution in [2.75, 3.05) is 26.3 Å². The number of hydrogen-bond acceptors (Lipinski definition) is 2. The Hall–Kier alpha value is -1.00. The van der Waals surface area contributed by atoms with Crippen LogP contribution < -0.4 is 5.32 Å². The molecule has 2 nitrogen and oxygen atoms in total. The summed E-state index contributed by atoms with van der Waals surface area (Å²) in [6, 6.07) is 4.09. The normalized spacial score (nSPS) is 18.1. The Bertz CT molecular complexity index is 410. The fourth-order valence-corrected chi connectivity index (χ4v) is 2.83. The smallest absolute Gasteiger partial charge is 0.129 e. The fourth-order valence-electron chi connectivity index (χ4n) is 2.83. The van der Waals surface area contributed by atoms with E-state index in [1.54, 1.807) is 0 Å². The summed E-state index contributed by atoms with van der Waals surface area (Å²) >= 11 is 0. The van der Waals surface area contributed by atoms with Gasteiger partial charge < -0.3 is 10.1 Å². The molecule has 1 heterocycles. The molecule has 0 radical (unpaired) electrons. The summed E-state index contributed by atoms with van der Waals surface area (Å²) in [5, 5.41) is 3.40. The summed E-state index contributed by atoms with van der Waals surface area (Å²) in [6.07, 6.45) is 3.18. The van der Waals surface area contributed by atoms with Crippen molar-refractivity contribution in [1.29, 1.82) is 0 Å². The SMILES string of the molecule is CCCNCC1(Cc2c(F)cccc2F)CCOCC1. The third-order valence-corrected chi connectivity index (χ3v) is 4.09. The molecule has 1 aliphatic rings. The highest BCUT2D eigenvalue weighted by molar-refractivity contribution is 5.21. The maximum absolute atomic E-state index is 13.9. The molecule has 20 heavy (non-hydrogen) atoms. The van der Waals surface area contributed by atoms with Crippen LogP contribution in [-0.2, 0) is 11.2 Å². The highest BCUT2D eigenvalue weighted by Gasteiger charge is 2.34. The van der Waals surface area contributed by atoms with Gasteiger partial charge in [-0.15, -0.1) is 0 Å². The van der Waals surface area contributed by atoms with E-state index in [1.165, 1.54) is 18.2 Å². The van der Waals surface area contributed by atoms with Crippen LogP contribution in [0.2, 0.25) is 0 Å². The van der Waals surface area contributed by atoms with Crippen molar-refractivity contribution in [3.8, 4) is 0 Å². The van der Waals surface area contributed by atoms with E-state index in [0.717, 1.165) is 32.4 Å². The van der Waals surface area contributed by atoms with Crippen LogP contribution in [0.25, 0.3) is 0 Å². The average Bonchev–Trinajstić information content (AvgIpc) is 2.45. The Morgan fingerprint density at radius 1 is 1.20 bits per heavy atom. The van der Waals surface area contributed by atoms with Gasteiger partial charge in [0.25, 0.3) is 0 Å². The van der Waals surface area contributed by atoms with Crippen molar-refractivity contribution in [2.45, 2.75) is 32.6 Å². The van der Waals surface area contributed by atoms with Gasteiger partial charge >= 0.3 is 0 Å². The van der Waals surface area contributed by atoms with Crippen molar-refractivity contribution in [3.63, 3.8) is 0 Å². The van der Waals surface area contributed by atoms with Gasteiger partial charge in [-0.05, 0) is 49.8 Å². The standard InChI is InChI=1S/C16H23F2NO/c1-2-8-19-12-16(6-9-20-10-7-16)11-13-14(17)4-3-5-15(13)18/h3-5,19H,2,6-12H2,1H3. The number of ether oxygens (including phenoxy) is 1. The number of benzene rings is 1. The number of hydrogen-bond donors (Lipinski definition) is 1. The van der Waals surface area contributed by atoms with Gasteiger partial charge in [-0.2, -0.15) is 0 Å². The molecule has 0 spiro atoms. The first-order valence-electron chi connectivity index (χ1n) is 7.38. The molecule has 0 atom stereocenters. The molecule has 0 saturated carbocycles. The summed E-state index contributed by atoms with van der Waals surface area (Å²) in [5.74, 6) is -0.877. The van der Waals surface area contributed by atoms with Gasteiger partial charge in [0.1, 0.15) is 11.6 Å². The Balaban J connectivity index is 2.14. The van der Waals surface area contributed by atoms with Crippen LogP contribution in [0.5, 0.6) is 0 Å². The van der Waals surface area contributed by atoms with Crippen molar-refractivity contribution < 1.29 is 13.5 Å². The number of rotatable bonds is 6. The Kier molecular flexibility index (Phi) is 5.49. The lowest BCUT2D eigenvalue weighted by Gasteiger charge is -2.38. The molecule has 1 saturated heterocycles. The molecule has 1 aromatic rings. The molecule has 2 rings (SSSR count). The average molecular weight is 283 g/mol. The zero-order valence-corrected chi connectivity index (χ0v) is 12.1. The van der Waals surface area contributed by atoms with Gasteiger partial charge in [0, 0.05) is 25.3 Å². The van der Waals surface area contributed by atoms with E-state index >= 15 is 0 Å². The minimum Gasteiger partial charge on any atom is -0.381 e. The maximum Gasteiger partial charge on any atom is 0.129 e. The van der Waals surface area contributed by atoms with Crippen LogP contribution in [0.1, 0.15) is 31.7 Å². The molecular weight excluding hydrogens is 260 g/mol. The molecule has 1 aromatic carbocycles. The number of nitrogens with one attached hydrogen (secondary N) is 1. The Labute approximate surface area is 119 Å². The largest absolute Gasteiger partial charge is 0.381 e. The molecule has 1 fully saturated rings. The lowest BCUT2D eigenvalue weighted by Crippen LogP contribution is -2.41. The molecule has 0 bridgehead atoms. The van der Waals surface area contributed by atoms with E-state index in [4.69, 9.17) is 4.74 Å². The quantitative estimate of drug-likeness (QED) is 0.809. The van der Waals surface area contributed by atoms with E-state index in [0.29, 0.717) is 19.6 Å². The monoisotopic (exact) mass is 283 g/mol. The van der Waals surface area contributed by atoms with Crippen LogP contribution in [0.15, 0.2) is 18.2 Å². The van der Waals surface area contributed by atoms with E-state index in [1.807, 2.05) is 0 Å². The molecule has 0 unspecified atom stereocenters. The maximum atomic E-state index is 13.9. The zero-order chi connectivity index (χ0) is 14.4. The van der Waals surface area contributed by atoms with Crippen LogP contribution >= 0.6 is 0 Å². The van der Waals surface area contributed by atoms with Gasteiger partial charge in [0.05, 0.1) is 0 Å². The predicted molar refractivity (Wildman–Crippen MR) is 75.7 cm³/mol. The van der Waals surface area contributed by atoms with E-state index in [2.05, 4.69) is 12.2 Å². The minimum absolute atomic E-state index is 0.101. The summed E-state index contributed by atoms with van der Waals surface area (Å²) in [7, 11) is 0. The molecule has 0 aliphatic carbocycles. The van der Waals surface area contributed by atoms with Gasteiger partial charge in [-0.25, -0.2) is 8.78 Å². The van der Waals surface area contributed by atoms with Crippen LogP contribution in [-0.4, -0.2) is 26.3 Å². The highest BCUT2D eigenvalue weighted by atomic mass is 19.1. The Morgan fingerprint density at radius 2 is 1.85 bits per heavy atom. The second kappa shape index (κ2) is 7.14. The second-order valence-electron chi connectivity index (χ2n) is 5.67. The molecular formula is C16H23F2NO. The first-order valence-corrected chi connectivity index (χ1v) is 7.38. The lowest BCUT2D eigenvalue weighted by molar-refractivity contribution is 0.0142. The molecule has 0 amide bonds. The van der Waals surface area contributed by atoms with Crippen molar-refractivity contribution in [3.05, 3.63) is 35.4 Å². The number of halogens is 2. The summed E-state index contributed by atoms with van der Waals surface area (Å²) in [4.78, 5) is 0. The van der Waals surface area contributed by atoms with Crippen LogP contribution in [0.4, 0.5) is 8.78 Å². The fraction of sp³-hybridized carbons (Fsp3) is 0.625. The third kappa shape index (κ3) is 3.76. The van der Waals surface area contributed by atoms with Crippen molar-refractivity contribution in [2.24, 2.45) is 5.41 Å². The van der Waals surface area contributed by atoms with Crippen molar-refractivity contribution in [1.82, 2.24) is 5.32 Å². The van der Waals surface area contributed by atoms with E-state index < -0.39 is 11.6 Å². The molecule has 4 heteroatoms. The molecule has 1 aliphatic heterocycles. The van der Waals surface area contributed by atoms with Crippen LogP contribution in [0.3, 0.4) is 0 Å².